The largest absolute Gasteiger partial charge is 0.462 e. The Bertz CT molecular complexity index is 382. The highest BCUT2D eigenvalue weighted by Crippen LogP contribution is 2.11. The third-order valence-corrected chi connectivity index (χ3v) is 3.02. The Labute approximate surface area is 111 Å². The van der Waals surface area contributed by atoms with Crippen molar-refractivity contribution in [2.24, 2.45) is 5.92 Å². The zero-order chi connectivity index (χ0) is 12.7. The van der Waals surface area contributed by atoms with Crippen molar-refractivity contribution in [3.8, 4) is 0 Å². The number of hydrogen-bond acceptors (Lipinski definition) is 2. The van der Waals surface area contributed by atoms with Crippen LogP contribution in [0, 0.1) is 5.92 Å². The smallest absolute Gasteiger partial charge is 0.330 e. The summed E-state index contributed by atoms with van der Waals surface area (Å²) < 4.78 is 6.13. The minimum Gasteiger partial charge on any atom is -0.462 e. The van der Waals surface area contributed by atoms with Gasteiger partial charge in [-0.25, -0.2) is 4.79 Å². The number of carbonyl (C=O) groups is 1. The van der Waals surface area contributed by atoms with E-state index in [1.165, 1.54) is 6.08 Å². The maximum Gasteiger partial charge on any atom is 0.330 e. The van der Waals surface area contributed by atoms with Gasteiger partial charge < -0.3 is 4.74 Å². The van der Waals surface area contributed by atoms with Gasteiger partial charge in [-0.15, -0.1) is 0 Å². The number of esters is 1. The van der Waals surface area contributed by atoms with Crippen molar-refractivity contribution in [2.75, 3.05) is 6.61 Å². The number of halogens is 1. The summed E-state index contributed by atoms with van der Waals surface area (Å²) in [6.07, 6.45) is 4.24. The lowest BCUT2D eigenvalue weighted by Gasteiger charge is -2.07. The maximum atomic E-state index is 11.4. The molecule has 0 saturated carbocycles. The molecule has 17 heavy (non-hydrogen) atoms. The van der Waals surface area contributed by atoms with Crippen LogP contribution in [-0.2, 0) is 9.53 Å². The Balaban J connectivity index is 2.42. The van der Waals surface area contributed by atoms with E-state index < -0.39 is 0 Å². The van der Waals surface area contributed by atoms with Crippen LogP contribution in [0.2, 0.25) is 0 Å². The zero-order valence-corrected chi connectivity index (χ0v) is 11.7. The summed E-state index contributed by atoms with van der Waals surface area (Å²) in [5.74, 6) is 0.133. The summed E-state index contributed by atoms with van der Waals surface area (Å²) >= 11 is 3.36. The van der Waals surface area contributed by atoms with E-state index in [-0.39, 0.29) is 5.97 Å². The first-order valence-corrected chi connectivity index (χ1v) is 6.51. The molecule has 0 fully saturated rings. The highest BCUT2D eigenvalue weighted by molar-refractivity contribution is 9.10. The molecule has 0 spiro atoms. The summed E-state index contributed by atoms with van der Waals surface area (Å²) in [4.78, 5) is 11.4. The third-order valence-electron chi connectivity index (χ3n) is 2.49. The fourth-order valence-corrected chi connectivity index (χ4v) is 1.39. The first-order chi connectivity index (χ1) is 8.11. The Kier molecular flexibility index (Phi) is 5.98. The van der Waals surface area contributed by atoms with Crippen LogP contribution in [0.15, 0.2) is 34.8 Å². The van der Waals surface area contributed by atoms with Gasteiger partial charge in [-0.3, -0.25) is 0 Å². The van der Waals surface area contributed by atoms with Gasteiger partial charge >= 0.3 is 5.97 Å². The van der Waals surface area contributed by atoms with Crippen LogP contribution in [0.1, 0.15) is 25.8 Å². The molecule has 1 atom stereocenters. The van der Waals surface area contributed by atoms with E-state index in [0.29, 0.717) is 12.5 Å². The van der Waals surface area contributed by atoms with Gasteiger partial charge in [-0.1, -0.05) is 48.3 Å². The lowest BCUT2D eigenvalue weighted by Crippen LogP contribution is -2.08. The van der Waals surface area contributed by atoms with Gasteiger partial charge in [0.15, 0.2) is 0 Å². The minimum absolute atomic E-state index is 0.284. The van der Waals surface area contributed by atoms with Gasteiger partial charge in [0.1, 0.15) is 0 Å². The molecule has 1 aromatic rings. The molecule has 1 aromatic carbocycles. The van der Waals surface area contributed by atoms with Crippen molar-refractivity contribution in [3.05, 3.63) is 40.4 Å². The lowest BCUT2D eigenvalue weighted by atomic mass is 10.1. The maximum absolute atomic E-state index is 11.4. The van der Waals surface area contributed by atoms with Crippen LogP contribution >= 0.6 is 15.9 Å². The molecule has 0 aliphatic carbocycles. The van der Waals surface area contributed by atoms with E-state index in [9.17, 15) is 4.79 Å². The van der Waals surface area contributed by atoms with Gasteiger partial charge in [-0.2, -0.15) is 0 Å². The van der Waals surface area contributed by atoms with Crippen molar-refractivity contribution in [2.45, 2.75) is 20.3 Å². The second kappa shape index (κ2) is 7.28. The van der Waals surface area contributed by atoms with Gasteiger partial charge in [0.2, 0.25) is 0 Å². The van der Waals surface area contributed by atoms with E-state index in [0.717, 1.165) is 16.5 Å². The van der Waals surface area contributed by atoms with E-state index in [2.05, 4.69) is 29.8 Å². The van der Waals surface area contributed by atoms with Crippen molar-refractivity contribution < 1.29 is 9.53 Å². The average Bonchev–Trinajstić information content (AvgIpc) is 2.35. The molecule has 0 aliphatic heterocycles. The quantitative estimate of drug-likeness (QED) is 0.605. The van der Waals surface area contributed by atoms with E-state index in [4.69, 9.17) is 4.74 Å². The summed E-state index contributed by atoms with van der Waals surface area (Å²) in [6.45, 7) is 4.63. The Morgan fingerprint density at radius 3 is 2.65 bits per heavy atom. The van der Waals surface area contributed by atoms with Crippen molar-refractivity contribution in [3.63, 3.8) is 0 Å². The first kappa shape index (κ1) is 14.0. The lowest BCUT2D eigenvalue weighted by molar-refractivity contribution is -0.138. The zero-order valence-electron chi connectivity index (χ0n) is 10.2. The normalized spacial score (nSPS) is 12.6. The van der Waals surface area contributed by atoms with Gasteiger partial charge in [-0.05, 0) is 29.7 Å². The van der Waals surface area contributed by atoms with Crippen molar-refractivity contribution >= 4 is 28.0 Å². The summed E-state index contributed by atoms with van der Waals surface area (Å²) in [7, 11) is 0. The third kappa shape index (κ3) is 5.68. The molecule has 2 nitrogen and oxygen atoms in total. The molecular formula is C14H17BrO2. The molecule has 3 heteroatoms. The molecule has 1 rings (SSSR count). The SMILES string of the molecule is CCC(C)COC(=O)/C=C/c1ccc(Br)cc1. The van der Waals surface area contributed by atoms with Crippen LogP contribution in [0.5, 0.6) is 0 Å². The van der Waals surface area contributed by atoms with Gasteiger partial charge in [0.05, 0.1) is 6.61 Å². The van der Waals surface area contributed by atoms with Gasteiger partial charge in [0.25, 0.3) is 0 Å². The average molecular weight is 297 g/mol. The number of rotatable bonds is 5. The van der Waals surface area contributed by atoms with Crippen molar-refractivity contribution in [1.29, 1.82) is 0 Å². The molecule has 0 bridgehead atoms. The summed E-state index contributed by atoms with van der Waals surface area (Å²) in [6, 6.07) is 7.74. The first-order valence-electron chi connectivity index (χ1n) is 5.72. The fourth-order valence-electron chi connectivity index (χ4n) is 1.13. The fraction of sp³-hybridized carbons (Fsp3) is 0.357. The predicted octanol–water partition coefficient (Wildman–Crippen LogP) is 4.05. The molecule has 0 radical (unpaired) electrons. The highest BCUT2D eigenvalue weighted by Gasteiger charge is 2.02. The molecule has 0 N–H and O–H groups in total. The number of carbonyl (C=O) groups excluding carboxylic acids is 1. The molecule has 0 amide bonds. The molecule has 92 valence electrons. The second-order valence-corrected chi connectivity index (χ2v) is 4.94. The topological polar surface area (TPSA) is 26.3 Å². The second-order valence-electron chi connectivity index (χ2n) is 4.03. The number of benzene rings is 1. The molecule has 0 aromatic heterocycles. The number of ether oxygens (including phenoxy) is 1. The van der Waals surface area contributed by atoms with Crippen molar-refractivity contribution in [1.82, 2.24) is 0 Å². The molecule has 0 aliphatic rings. The summed E-state index contributed by atoms with van der Waals surface area (Å²) in [5, 5.41) is 0. The Hall–Kier alpha value is -1.09. The summed E-state index contributed by atoms with van der Waals surface area (Å²) in [5.41, 5.74) is 0.980. The monoisotopic (exact) mass is 296 g/mol. The van der Waals surface area contributed by atoms with E-state index in [1.54, 1.807) is 6.08 Å². The van der Waals surface area contributed by atoms with E-state index >= 15 is 0 Å². The number of hydrogen-bond donors (Lipinski definition) is 0. The predicted molar refractivity (Wildman–Crippen MR) is 73.6 cm³/mol. The van der Waals surface area contributed by atoms with Crippen LogP contribution < -0.4 is 0 Å². The van der Waals surface area contributed by atoms with E-state index in [1.807, 2.05) is 24.3 Å². The molecular weight excluding hydrogens is 280 g/mol. The standard InChI is InChI=1S/C14H17BrO2/c1-3-11(2)10-17-14(16)9-6-12-4-7-13(15)8-5-12/h4-9,11H,3,10H2,1-2H3/b9-6+. The van der Waals surface area contributed by atoms with Crippen LogP contribution in [0.3, 0.4) is 0 Å². The van der Waals surface area contributed by atoms with Crippen LogP contribution in [-0.4, -0.2) is 12.6 Å². The Morgan fingerprint density at radius 2 is 2.06 bits per heavy atom. The molecule has 1 unspecified atom stereocenters. The van der Waals surface area contributed by atoms with Gasteiger partial charge in [0, 0.05) is 10.5 Å². The molecule has 0 heterocycles. The van der Waals surface area contributed by atoms with Crippen LogP contribution in [0.4, 0.5) is 0 Å². The van der Waals surface area contributed by atoms with Crippen LogP contribution in [0.25, 0.3) is 6.08 Å². The Morgan fingerprint density at radius 1 is 1.41 bits per heavy atom. The highest BCUT2D eigenvalue weighted by atomic mass is 79.9. The minimum atomic E-state index is -0.284. The molecule has 0 saturated heterocycles.